The minimum absolute atomic E-state index is 0.00686. The van der Waals surface area contributed by atoms with Crippen molar-refractivity contribution in [3.63, 3.8) is 0 Å². The van der Waals surface area contributed by atoms with Gasteiger partial charge in [-0.2, -0.15) is 0 Å². The Balaban J connectivity index is 2.51. The maximum Gasteiger partial charge on any atom is 0.243 e. The van der Waals surface area contributed by atoms with Gasteiger partial charge in [0.25, 0.3) is 0 Å². The lowest BCUT2D eigenvalue weighted by Crippen LogP contribution is -2.58. The van der Waals surface area contributed by atoms with Gasteiger partial charge in [0, 0.05) is 19.7 Å². The molecule has 0 radical (unpaired) electrons. The number of carbonyl (C=O) groups is 2. The van der Waals surface area contributed by atoms with E-state index in [-0.39, 0.29) is 30.5 Å². The van der Waals surface area contributed by atoms with Crippen LogP contribution in [0.5, 0.6) is 0 Å². The summed E-state index contributed by atoms with van der Waals surface area (Å²) >= 11 is 0. The summed E-state index contributed by atoms with van der Waals surface area (Å²) in [5.74, 6) is -0.431. The van der Waals surface area contributed by atoms with Gasteiger partial charge >= 0.3 is 0 Å². The van der Waals surface area contributed by atoms with Gasteiger partial charge in [-0.25, -0.2) is 0 Å². The van der Waals surface area contributed by atoms with E-state index < -0.39 is 0 Å². The highest BCUT2D eigenvalue weighted by atomic mass is 16.5. The van der Waals surface area contributed by atoms with Gasteiger partial charge in [-0.05, 0) is 19.8 Å². The molecule has 0 aliphatic carbocycles. The van der Waals surface area contributed by atoms with Crippen LogP contribution >= 0.6 is 0 Å². The molecule has 1 saturated heterocycles. The zero-order valence-electron chi connectivity index (χ0n) is 11.1. The smallest absolute Gasteiger partial charge is 0.243 e. The highest BCUT2D eigenvalue weighted by molar-refractivity contribution is 6.01. The van der Waals surface area contributed by atoms with Crippen LogP contribution in [0.25, 0.3) is 0 Å². The Morgan fingerprint density at radius 2 is 2.22 bits per heavy atom. The van der Waals surface area contributed by atoms with Crippen LogP contribution in [0.4, 0.5) is 0 Å². The summed E-state index contributed by atoms with van der Waals surface area (Å²) in [4.78, 5) is 24.9. The standard InChI is InChI=1S/C12H23N3O3/c1-3-10-12(17)14-11(16)8-15(10)6-5-9(7-13)18-4-2/h9-10H,3-8,13H2,1-2H3,(H,14,16,17). The van der Waals surface area contributed by atoms with Crippen LogP contribution in [-0.2, 0) is 14.3 Å². The molecule has 0 spiro atoms. The van der Waals surface area contributed by atoms with Crippen LogP contribution < -0.4 is 11.1 Å². The molecule has 0 saturated carbocycles. The van der Waals surface area contributed by atoms with Gasteiger partial charge in [0.15, 0.2) is 0 Å². The fourth-order valence-electron chi connectivity index (χ4n) is 2.21. The van der Waals surface area contributed by atoms with E-state index in [1.807, 2.05) is 18.7 Å². The van der Waals surface area contributed by atoms with Gasteiger partial charge in [0.2, 0.25) is 11.8 Å². The van der Waals surface area contributed by atoms with Crippen LogP contribution in [0.2, 0.25) is 0 Å². The molecule has 104 valence electrons. The van der Waals surface area contributed by atoms with E-state index in [0.717, 1.165) is 6.42 Å². The first kappa shape index (κ1) is 15.1. The van der Waals surface area contributed by atoms with Crippen molar-refractivity contribution in [2.75, 3.05) is 26.2 Å². The molecule has 2 amide bonds. The highest BCUT2D eigenvalue weighted by Crippen LogP contribution is 2.11. The van der Waals surface area contributed by atoms with Crippen molar-refractivity contribution in [2.45, 2.75) is 38.8 Å². The number of rotatable bonds is 7. The molecular weight excluding hydrogens is 234 g/mol. The predicted octanol–water partition coefficient (Wildman–Crippen LogP) is -0.523. The largest absolute Gasteiger partial charge is 0.377 e. The quantitative estimate of drug-likeness (QED) is 0.599. The van der Waals surface area contributed by atoms with Gasteiger partial charge in [-0.1, -0.05) is 6.92 Å². The number of hydrogen-bond acceptors (Lipinski definition) is 5. The lowest BCUT2D eigenvalue weighted by atomic mass is 10.1. The van der Waals surface area contributed by atoms with E-state index in [9.17, 15) is 9.59 Å². The third-order valence-electron chi connectivity index (χ3n) is 3.14. The van der Waals surface area contributed by atoms with Gasteiger partial charge in [-0.15, -0.1) is 0 Å². The SMILES string of the molecule is CCOC(CN)CCN1CC(=O)NC(=O)C1CC. The van der Waals surface area contributed by atoms with E-state index in [1.165, 1.54) is 0 Å². The summed E-state index contributed by atoms with van der Waals surface area (Å²) in [6.07, 6.45) is 1.43. The lowest BCUT2D eigenvalue weighted by molar-refractivity contribution is -0.140. The lowest BCUT2D eigenvalue weighted by Gasteiger charge is -2.34. The van der Waals surface area contributed by atoms with Crippen molar-refractivity contribution in [2.24, 2.45) is 5.73 Å². The zero-order valence-corrected chi connectivity index (χ0v) is 11.1. The Bertz CT molecular complexity index is 296. The Kier molecular flexibility index (Phi) is 6.24. The summed E-state index contributed by atoms with van der Waals surface area (Å²) in [6, 6.07) is -0.220. The van der Waals surface area contributed by atoms with Gasteiger partial charge in [0.1, 0.15) is 0 Å². The van der Waals surface area contributed by atoms with E-state index in [0.29, 0.717) is 26.1 Å². The summed E-state index contributed by atoms with van der Waals surface area (Å²) in [5, 5.41) is 2.36. The van der Waals surface area contributed by atoms with Crippen molar-refractivity contribution in [3.8, 4) is 0 Å². The maximum atomic E-state index is 11.7. The van der Waals surface area contributed by atoms with Crippen molar-refractivity contribution in [1.29, 1.82) is 0 Å². The second kappa shape index (κ2) is 7.45. The van der Waals surface area contributed by atoms with E-state index >= 15 is 0 Å². The third kappa shape index (κ3) is 4.04. The molecule has 2 atom stereocenters. The molecule has 1 aliphatic heterocycles. The van der Waals surface area contributed by atoms with Crippen molar-refractivity contribution >= 4 is 11.8 Å². The van der Waals surface area contributed by atoms with Crippen LogP contribution in [0.3, 0.4) is 0 Å². The predicted molar refractivity (Wildman–Crippen MR) is 67.9 cm³/mol. The molecule has 0 aromatic rings. The van der Waals surface area contributed by atoms with Crippen LogP contribution in [0.15, 0.2) is 0 Å². The van der Waals surface area contributed by atoms with Crippen molar-refractivity contribution in [3.05, 3.63) is 0 Å². The Hall–Kier alpha value is -0.980. The number of hydrogen-bond donors (Lipinski definition) is 2. The molecule has 0 aromatic carbocycles. The second-order valence-corrected chi connectivity index (χ2v) is 4.41. The number of carbonyl (C=O) groups excluding carboxylic acids is 2. The summed E-state index contributed by atoms with van der Waals surface area (Å²) in [6.45, 7) is 5.87. The molecule has 0 aromatic heterocycles. The molecule has 3 N–H and O–H groups in total. The molecular formula is C12H23N3O3. The number of nitrogens with two attached hydrogens (primary N) is 1. The van der Waals surface area contributed by atoms with E-state index in [1.54, 1.807) is 0 Å². The third-order valence-corrected chi connectivity index (χ3v) is 3.14. The van der Waals surface area contributed by atoms with Crippen LogP contribution in [0, 0.1) is 0 Å². The molecule has 6 heteroatoms. The fourth-order valence-corrected chi connectivity index (χ4v) is 2.21. The molecule has 1 heterocycles. The van der Waals surface area contributed by atoms with Gasteiger partial charge in [-0.3, -0.25) is 19.8 Å². The molecule has 6 nitrogen and oxygen atoms in total. The molecule has 1 rings (SSSR count). The number of nitrogens with zero attached hydrogens (tertiary/aromatic N) is 1. The van der Waals surface area contributed by atoms with Crippen molar-refractivity contribution < 1.29 is 14.3 Å². The first-order valence-corrected chi connectivity index (χ1v) is 6.51. The van der Waals surface area contributed by atoms with E-state index in [2.05, 4.69) is 5.32 Å². The average molecular weight is 257 g/mol. The first-order valence-electron chi connectivity index (χ1n) is 6.51. The topological polar surface area (TPSA) is 84.7 Å². The normalized spacial score (nSPS) is 22.9. The van der Waals surface area contributed by atoms with Crippen molar-refractivity contribution in [1.82, 2.24) is 10.2 Å². The van der Waals surface area contributed by atoms with E-state index in [4.69, 9.17) is 10.5 Å². The average Bonchev–Trinajstić information content (AvgIpc) is 2.33. The van der Waals surface area contributed by atoms with Gasteiger partial charge < -0.3 is 10.5 Å². The highest BCUT2D eigenvalue weighted by Gasteiger charge is 2.32. The zero-order chi connectivity index (χ0) is 13.5. The minimum atomic E-state index is -0.231. The summed E-state index contributed by atoms with van der Waals surface area (Å²) in [7, 11) is 0. The number of nitrogens with one attached hydrogen (secondary N) is 1. The molecule has 1 aliphatic rings. The first-order chi connectivity index (χ1) is 8.62. The molecule has 2 unspecified atom stereocenters. The molecule has 18 heavy (non-hydrogen) atoms. The number of imide groups is 1. The maximum absolute atomic E-state index is 11.7. The summed E-state index contributed by atoms with van der Waals surface area (Å²) in [5.41, 5.74) is 5.61. The number of amides is 2. The fraction of sp³-hybridized carbons (Fsp3) is 0.833. The molecule has 1 fully saturated rings. The number of ether oxygens (including phenoxy) is 1. The monoisotopic (exact) mass is 257 g/mol. The Morgan fingerprint density at radius 1 is 1.50 bits per heavy atom. The molecule has 0 bridgehead atoms. The number of piperazine rings is 1. The van der Waals surface area contributed by atoms with Gasteiger partial charge in [0.05, 0.1) is 18.7 Å². The summed E-state index contributed by atoms with van der Waals surface area (Å²) < 4.78 is 5.47. The van der Waals surface area contributed by atoms with Crippen LogP contribution in [0.1, 0.15) is 26.7 Å². The second-order valence-electron chi connectivity index (χ2n) is 4.41. The minimum Gasteiger partial charge on any atom is -0.377 e. The Morgan fingerprint density at radius 3 is 2.78 bits per heavy atom. The Labute approximate surface area is 108 Å². The van der Waals surface area contributed by atoms with Crippen LogP contribution in [-0.4, -0.2) is 55.1 Å².